The van der Waals surface area contributed by atoms with Crippen LogP contribution in [0.1, 0.15) is 13.3 Å². The molecule has 11 heavy (non-hydrogen) atoms. The van der Waals surface area contributed by atoms with E-state index >= 15 is 0 Å². The SMILES string of the molecule is CCCSc1ncc(SC)[nH]1. The number of aromatic nitrogens is 2. The molecule has 0 fully saturated rings. The highest BCUT2D eigenvalue weighted by atomic mass is 32.2. The summed E-state index contributed by atoms with van der Waals surface area (Å²) in [6.45, 7) is 2.17. The molecule has 0 atom stereocenters. The molecule has 1 heterocycles. The van der Waals surface area contributed by atoms with Crippen molar-refractivity contribution in [3.63, 3.8) is 0 Å². The number of imidazole rings is 1. The Morgan fingerprint density at radius 2 is 2.45 bits per heavy atom. The second kappa shape index (κ2) is 4.72. The number of hydrogen-bond donors (Lipinski definition) is 1. The number of nitrogens with one attached hydrogen (secondary N) is 1. The molecule has 1 N–H and O–H groups in total. The third-order valence-corrected chi connectivity index (χ3v) is 2.93. The monoisotopic (exact) mass is 188 g/mol. The van der Waals surface area contributed by atoms with E-state index in [1.54, 1.807) is 23.5 Å². The zero-order valence-corrected chi connectivity index (χ0v) is 8.39. The molecule has 0 amide bonds. The lowest BCUT2D eigenvalue weighted by Crippen LogP contribution is -1.77. The molecule has 0 saturated carbocycles. The molecular formula is C7H12N2S2. The fraction of sp³-hybridized carbons (Fsp3) is 0.571. The molecular weight excluding hydrogens is 176 g/mol. The van der Waals surface area contributed by atoms with Crippen molar-refractivity contribution in [2.45, 2.75) is 23.5 Å². The highest BCUT2D eigenvalue weighted by Crippen LogP contribution is 2.18. The van der Waals surface area contributed by atoms with Gasteiger partial charge in [-0.05, 0) is 12.7 Å². The first kappa shape index (κ1) is 9.00. The van der Waals surface area contributed by atoms with Gasteiger partial charge in [0.15, 0.2) is 5.16 Å². The van der Waals surface area contributed by atoms with E-state index in [1.807, 2.05) is 12.5 Å². The molecule has 4 heteroatoms. The lowest BCUT2D eigenvalue weighted by molar-refractivity contribution is 1.01. The molecule has 0 radical (unpaired) electrons. The van der Waals surface area contributed by atoms with Gasteiger partial charge in [-0.25, -0.2) is 4.98 Å². The van der Waals surface area contributed by atoms with E-state index in [1.165, 1.54) is 6.42 Å². The molecule has 0 bridgehead atoms. The van der Waals surface area contributed by atoms with E-state index in [0.29, 0.717) is 0 Å². The van der Waals surface area contributed by atoms with Crippen molar-refractivity contribution in [2.24, 2.45) is 0 Å². The maximum absolute atomic E-state index is 4.21. The first-order valence-corrected chi connectivity index (χ1v) is 5.79. The van der Waals surface area contributed by atoms with Gasteiger partial charge in [-0.1, -0.05) is 18.7 Å². The van der Waals surface area contributed by atoms with Gasteiger partial charge in [0.25, 0.3) is 0 Å². The standard InChI is InChI=1S/C7H12N2S2/c1-3-4-11-7-8-5-6(9-7)10-2/h5H,3-4H2,1-2H3,(H,8,9). The largest absolute Gasteiger partial charge is 0.328 e. The predicted octanol–water partition coefficient (Wildman–Crippen LogP) is 2.63. The van der Waals surface area contributed by atoms with Gasteiger partial charge in [0.05, 0.1) is 11.2 Å². The Hall–Kier alpha value is -0.0900. The van der Waals surface area contributed by atoms with Crippen LogP contribution in [0.4, 0.5) is 0 Å². The van der Waals surface area contributed by atoms with E-state index in [0.717, 1.165) is 15.9 Å². The Morgan fingerprint density at radius 3 is 3.00 bits per heavy atom. The van der Waals surface area contributed by atoms with Crippen molar-refractivity contribution >= 4 is 23.5 Å². The van der Waals surface area contributed by atoms with Crippen LogP contribution < -0.4 is 0 Å². The fourth-order valence-corrected chi connectivity index (χ4v) is 1.79. The molecule has 0 aromatic carbocycles. The zero-order valence-electron chi connectivity index (χ0n) is 6.76. The van der Waals surface area contributed by atoms with E-state index in [-0.39, 0.29) is 0 Å². The Morgan fingerprint density at radius 1 is 1.64 bits per heavy atom. The lowest BCUT2D eigenvalue weighted by atomic mass is 10.6. The minimum Gasteiger partial charge on any atom is -0.328 e. The van der Waals surface area contributed by atoms with Crippen LogP contribution in [0.15, 0.2) is 16.4 Å². The van der Waals surface area contributed by atoms with Crippen molar-refractivity contribution < 1.29 is 0 Å². The smallest absolute Gasteiger partial charge is 0.166 e. The van der Waals surface area contributed by atoms with Crippen molar-refractivity contribution in [3.8, 4) is 0 Å². The number of aromatic amines is 1. The van der Waals surface area contributed by atoms with E-state index in [4.69, 9.17) is 0 Å². The maximum Gasteiger partial charge on any atom is 0.166 e. The normalized spacial score (nSPS) is 10.4. The van der Waals surface area contributed by atoms with Crippen molar-refractivity contribution in [2.75, 3.05) is 12.0 Å². The molecule has 1 aromatic rings. The minimum atomic E-state index is 1.04. The van der Waals surface area contributed by atoms with Gasteiger partial charge >= 0.3 is 0 Å². The third-order valence-electron chi connectivity index (χ3n) is 1.19. The van der Waals surface area contributed by atoms with Crippen molar-refractivity contribution in [1.29, 1.82) is 0 Å². The molecule has 0 unspecified atom stereocenters. The topological polar surface area (TPSA) is 28.7 Å². The van der Waals surface area contributed by atoms with Crippen LogP contribution in [0, 0.1) is 0 Å². The molecule has 0 aliphatic carbocycles. The third kappa shape index (κ3) is 2.79. The van der Waals surface area contributed by atoms with Crippen LogP contribution in [-0.4, -0.2) is 22.0 Å². The summed E-state index contributed by atoms with van der Waals surface area (Å²) in [4.78, 5) is 7.42. The summed E-state index contributed by atoms with van der Waals surface area (Å²) in [7, 11) is 0. The predicted molar refractivity (Wildman–Crippen MR) is 51.4 cm³/mol. The lowest BCUT2D eigenvalue weighted by Gasteiger charge is -1.91. The Labute approximate surface area is 75.6 Å². The quantitative estimate of drug-likeness (QED) is 0.736. The van der Waals surface area contributed by atoms with Gasteiger partial charge < -0.3 is 4.98 Å². The van der Waals surface area contributed by atoms with Gasteiger partial charge in [0.1, 0.15) is 0 Å². The number of H-pyrrole nitrogens is 1. The van der Waals surface area contributed by atoms with Crippen molar-refractivity contribution in [3.05, 3.63) is 6.20 Å². The molecule has 0 spiro atoms. The van der Waals surface area contributed by atoms with Gasteiger partial charge in [-0.15, -0.1) is 11.8 Å². The van der Waals surface area contributed by atoms with Gasteiger partial charge in [-0.2, -0.15) is 0 Å². The molecule has 2 nitrogen and oxygen atoms in total. The summed E-state index contributed by atoms with van der Waals surface area (Å²) < 4.78 is 0. The van der Waals surface area contributed by atoms with E-state index in [2.05, 4.69) is 16.9 Å². The van der Waals surface area contributed by atoms with Crippen molar-refractivity contribution in [1.82, 2.24) is 9.97 Å². The minimum absolute atomic E-state index is 1.04. The van der Waals surface area contributed by atoms with Crippen LogP contribution in [0.3, 0.4) is 0 Å². The highest BCUT2D eigenvalue weighted by molar-refractivity contribution is 7.99. The van der Waals surface area contributed by atoms with Crippen LogP contribution in [-0.2, 0) is 0 Å². The van der Waals surface area contributed by atoms with Gasteiger partial charge in [-0.3, -0.25) is 0 Å². The first-order chi connectivity index (χ1) is 5.36. The highest BCUT2D eigenvalue weighted by Gasteiger charge is 1.97. The second-order valence-corrected chi connectivity index (χ2v) is 4.04. The molecule has 1 rings (SSSR count). The summed E-state index contributed by atoms with van der Waals surface area (Å²) in [6.07, 6.45) is 5.12. The Bertz CT molecular complexity index is 210. The number of hydrogen-bond acceptors (Lipinski definition) is 3. The van der Waals surface area contributed by atoms with Gasteiger partial charge in [0, 0.05) is 5.75 Å². The summed E-state index contributed by atoms with van der Waals surface area (Å²) in [5.41, 5.74) is 0. The summed E-state index contributed by atoms with van der Waals surface area (Å²) in [5, 5.41) is 2.18. The zero-order chi connectivity index (χ0) is 8.10. The van der Waals surface area contributed by atoms with Crippen LogP contribution in [0.5, 0.6) is 0 Å². The average molecular weight is 188 g/mol. The van der Waals surface area contributed by atoms with E-state index < -0.39 is 0 Å². The molecule has 62 valence electrons. The Balaban J connectivity index is 2.44. The second-order valence-electron chi connectivity index (χ2n) is 2.11. The summed E-state index contributed by atoms with van der Waals surface area (Å²) in [6, 6.07) is 0. The maximum atomic E-state index is 4.21. The van der Waals surface area contributed by atoms with Gasteiger partial charge in [0.2, 0.25) is 0 Å². The molecule has 0 saturated heterocycles. The number of nitrogens with zero attached hydrogens (tertiary/aromatic N) is 1. The first-order valence-electron chi connectivity index (χ1n) is 3.58. The summed E-state index contributed by atoms with van der Waals surface area (Å²) >= 11 is 3.47. The number of thioether (sulfide) groups is 2. The van der Waals surface area contributed by atoms with E-state index in [9.17, 15) is 0 Å². The van der Waals surface area contributed by atoms with Crippen LogP contribution in [0.2, 0.25) is 0 Å². The Kier molecular flexibility index (Phi) is 3.86. The van der Waals surface area contributed by atoms with Crippen LogP contribution in [0.25, 0.3) is 0 Å². The van der Waals surface area contributed by atoms with Crippen LogP contribution >= 0.6 is 23.5 Å². The molecule has 0 aliphatic heterocycles. The number of rotatable bonds is 4. The molecule has 1 aromatic heterocycles. The fourth-order valence-electron chi connectivity index (χ4n) is 0.663. The summed E-state index contributed by atoms with van der Waals surface area (Å²) in [5.74, 6) is 1.14. The average Bonchev–Trinajstić information content (AvgIpc) is 2.48. The molecule has 0 aliphatic rings.